The fourth-order valence-electron chi connectivity index (χ4n) is 2.65. The van der Waals surface area contributed by atoms with E-state index in [-0.39, 0.29) is 18.9 Å². The summed E-state index contributed by atoms with van der Waals surface area (Å²) >= 11 is 0. The van der Waals surface area contributed by atoms with Gasteiger partial charge in [-0.1, -0.05) is 32.4 Å². The Morgan fingerprint density at radius 3 is 2.30 bits per heavy atom. The molecule has 23 heavy (non-hydrogen) atoms. The van der Waals surface area contributed by atoms with Gasteiger partial charge in [0.05, 0.1) is 6.54 Å². The number of amides is 4. The highest BCUT2D eigenvalue weighted by Crippen LogP contribution is 2.23. The van der Waals surface area contributed by atoms with Crippen LogP contribution in [-0.2, 0) is 14.4 Å². The summed E-state index contributed by atoms with van der Waals surface area (Å²) in [5.41, 5.74) is 0.567. The van der Waals surface area contributed by atoms with Gasteiger partial charge in [-0.2, -0.15) is 0 Å². The highest BCUT2D eigenvalue weighted by Gasteiger charge is 2.45. The number of hydrogen-bond donors (Lipinski definition) is 0. The summed E-state index contributed by atoms with van der Waals surface area (Å²) in [6.07, 6.45) is 7.06. The van der Waals surface area contributed by atoms with E-state index in [1.54, 1.807) is 20.8 Å². The molecular weight excluding hydrogens is 296 g/mol. The Labute approximate surface area is 136 Å². The lowest BCUT2D eigenvalue weighted by Crippen LogP contribution is -2.40. The van der Waals surface area contributed by atoms with Crippen LogP contribution < -0.4 is 0 Å². The SMILES string of the molecule is CC(C)(C)C(=O)CN1C(=O)C(=O)N(CCC2=CCCCC2)C1=O. The predicted molar refractivity (Wildman–Crippen MR) is 84.5 cm³/mol. The maximum absolute atomic E-state index is 12.3. The molecule has 1 aliphatic carbocycles. The van der Waals surface area contributed by atoms with Crippen LogP contribution in [0.25, 0.3) is 0 Å². The van der Waals surface area contributed by atoms with E-state index in [4.69, 9.17) is 0 Å². The third kappa shape index (κ3) is 3.86. The summed E-state index contributed by atoms with van der Waals surface area (Å²) < 4.78 is 0. The molecule has 1 aliphatic heterocycles. The Hall–Kier alpha value is -1.98. The second-order valence-corrected chi connectivity index (χ2v) is 7.16. The van der Waals surface area contributed by atoms with Gasteiger partial charge in [-0.05, 0) is 32.1 Å². The molecule has 6 nitrogen and oxygen atoms in total. The predicted octanol–water partition coefficient (Wildman–Crippen LogP) is 2.28. The molecule has 0 saturated carbocycles. The van der Waals surface area contributed by atoms with Crippen molar-refractivity contribution in [2.24, 2.45) is 5.41 Å². The van der Waals surface area contributed by atoms with Gasteiger partial charge in [0, 0.05) is 12.0 Å². The number of ketones is 1. The lowest BCUT2D eigenvalue weighted by molar-refractivity contribution is -0.144. The number of urea groups is 1. The molecule has 0 aromatic heterocycles. The Kier molecular flexibility index (Phi) is 5.02. The molecule has 2 rings (SSSR count). The quantitative estimate of drug-likeness (QED) is 0.442. The lowest BCUT2D eigenvalue weighted by atomic mass is 9.90. The first-order chi connectivity index (χ1) is 10.7. The average molecular weight is 320 g/mol. The van der Waals surface area contributed by atoms with Gasteiger partial charge in [-0.3, -0.25) is 19.3 Å². The van der Waals surface area contributed by atoms with Crippen LogP contribution in [0, 0.1) is 5.41 Å². The first kappa shape index (κ1) is 17.4. The highest BCUT2D eigenvalue weighted by molar-refractivity contribution is 6.45. The molecule has 1 heterocycles. The molecule has 6 heteroatoms. The van der Waals surface area contributed by atoms with Crippen molar-refractivity contribution in [3.8, 4) is 0 Å². The minimum atomic E-state index is -0.898. The molecule has 0 atom stereocenters. The van der Waals surface area contributed by atoms with Gasteiger partial charge in [0.1, 0.15) is 0 Å². The normalized spacial score (nSPS) is 19.4. The zero-order valence-corrected chi connectivity index (χ0v) is 14.1. The van der Waals surface area contributed by atoms with Gasteiger partial charge in [0.15, 0.2) is 5.78 Å². The van der Waals surface area contributed by atoms with Crippen LogP contribution in [0.4, 0.5) is 4.79 Å². The first-order valence-corrected chi connectivity index (χ1v) is 8.10. The van der Waals surface area contributed by atoms with E-state index in [9.17, 15) is 19.2 Å². The van der Waals surface area contributed by atoms with Gasteiger partial charge in [0.2, 0.25) is 0 Å². The van der Waals surface area contributed by atoms with Crippen molar-refractivity contribution in [2.45, 2.75) is 52.9 Å². The van der Waals surface area contributed by atoms with Gasteiger partial charge < -0.3 is 0 Å². The average Bonchev–Trinajstić information content (AvgIpc) is 2.69. The van der Waals surface area contributed by atoms with Crippen molar-refractivity contribution in [3.63, 3.8) is 0 Å². The van der Waals surface area contributed by atoms with E-state index in [0.29, 0.717) is 6.42 Å². The molecule has 0 bridgehead atoms. The van der Waals surface area contributed by atoms with Gasteiger partial charge in [-0.15, -0.1) is 0 Å². The van der Waals surface area contributed by atoms with Crippen LogP contribution in [0.15, 0.2) is 11.6 Å². The third-order valence-corrected chi connectivity index (χ3v) is 4.31. The topological polar surface area (TPSA) is 74.8 Å². The Balaban J connectivity index is 2.01. The summed E-state index contributed by atoms with van der Waals surface area (Å²) in [5.74, 6) is -1.97. The van der Waals surface area contributed by atoms with Crippen LogP contribution in [0.1, 0.15) is 52.9 Å². The fraction of sp³-hybridized carbons (Fsp3) is 0.647. The Morgan fingerprint density at radius 1 is 1.09 bits per heavy atom. The van der Waals surface area contributed by atoms with Crippen molar-refractivity contribution in [3.05, 3.63) is 11.6 Å². The number of allylic oxidation sites excluding steroid dienone is 1. The molecule has 0 N–H and O–H groups in total. The molecule has 0 aromatic carbocycles. The number of Topliss-reactive ketones (excluding diaryl/α,β-unsaturated/α-hetero) is 1. The zero-order chi connectivity index (χ0) is 17.2. The molecule has 0 unspecified atom stereocenters. The molecule has 4 amide bonds. The van der Waals surface area contributed by atoms with Gasteiger partial charge in [-0.25, -0.2) is 9.69 Å². The first-order valence-electron chi connectivity index (χ1n) is 8.10. The van der Waals surface area contributed by atoms with E-state index in [2.05, 4.69) is 6.08 Å². The van der Waals surface area contributed by atoms with Crippen molar-refractivity contribution < 1.29 is 19.2 Å². The van der Waals surface area contributed by atoms with E-state index in [1.807, 2.05) is 0 Å². The molecule has 0 spiro atoms. The van der Waals surface area contributed by atoms with Crippen molar-refractivity contribution in [2.75, 3.05) is 13.1 Å². The maximum Gasteiger partial charge on any atom is 0.334 e. The van der Waals surface area contributed by atoms with Crippen LogP contribution in [-0.4, -0.2) is 46.5 Å². The smallest absolute Gasteiger partial charge is 0.297 e. The minimum Gasteiger partial charge on any atom is -0.297 e. The van der Waals surface area contributed by atoms with Crippen LogP contribution in [0.2, 0.25) is 0 Å². The van der Waals surface area contributed by atoms with Crippen LogP contribution >= 0.6 is 0 Å². The number of nitrogens with zero attached hydrogens (tertiary/aromatic N) is 2. The van der Waals surface area contributed by atoms with Crippen molar-refractivity contribution in [1.82, 2.24) is 9.80 Å². The molecule has 0 aromatic rings. The number of rotatable bonds is 5. The summed E-state index contributed by atoms with van der Waals surface area (Å²) in [6.45, 7) is 5.02. The molecule has 0 radical (unpaired) electrons. The standard InChI is InChI=1S/C17H24N2O4/c1-17(2,3)13(20)11-19-15(22)14(21)18(16(19)23)10-9-12-7-5-4-6-8-12/h7H,4-6,8-11H2,1-3H3. The minimum absolute atomic E-state index is 0.204. The number of imide groups is 2. The van der Waals surface area contributed by atoms with Crippen molar-refractivity contribution in [1.29, 1.82) is 0 Å². The highest BCUT2D eigenvalue weighted by atomic mass is 16.2. The van der Waals surface area contributed by atoms with Gasteiger partial charge in [0.25, 0.3) is 0 Å². The number of carbonyl (C=O) groups is 4. The summed E-state index contributed by atoms with van der Waals surface area (Å²) in [4.78, 5) is 50.1. The third-order valence-electron chi connectivity index (χ3n) is 4.31. The van der Waals surface area contributed by atoms with E-state index < -0.39 is 23.3 Å². The van der Waals surface area contributed by atoms with E-state index in [0.717, 1.165) is 29.1 Å². The Morgan fingerprint density at radius 2 is 1.74 bits per heavy atom. The summed E-state index contributed by atoms with van der Waals surface area (Å²) in [7, 11) is 0. The number of carbonyl (C=O) groups excluding carboxylic acids is 4. The fourth-order valence-corrected chi connectivity index (χ4v) is 2.65. The van der Waals surface area contributed by atoms with E-state index >= 15 is 0 Å². The largest absolute Gasteiger partial charge is 0.334 e. The number of hydrogen-bond acceptors (Lipinski definition) is 4. The zero-order valence-electron chi connectivity index (χ0n) is 14.1. The second-order valence-electron chi connectivity index (χ2n) is 7.16. The lowest BCUT2D eigenvalue weighted by Gasteiger charge is -2.21. The Bertz CT molecular complexity index is 572. The maximum atomic E-state index is 12.3. The molecule has 126 valence electrons. The monoisotopic (exact) mass is 320 g/mol. The molecule has 1 saturated heterocycles. The molecular formula is C17H24N2O4. The van der Waals surface area contributed by atoms with E-state index in [1.165, 1.54) is 12.0 Å². The summed E-state index contributed by atoms with van der Waals surface area (Å²) in [6, 6.07) is -0.672. The van der Waals surface area contributed by atoms with Crippen molar-refractivity contribution >= 4 is 23.6 Å². The summed E-state index contributed by atoms with van der Waals surface area (Å²) in [5, 5.41) is 0. The van der Waals surface area contributed by atoms with Crippen LogP contribution in [0.3, 0.4) is 0 Å². The second kappa shape index (κ2) is 6.64. The van der Waals surface area contributed by atoms with Gasteiger partial charge >= 0.3 is 17.8 Å². The molecule has 2 aliphatic rings. The van der Waals surface area contributed by atoms with Crippen LogP contribution in [0.5, 0.6) is 0 Å². The molecule has 1 fully saturated rings.